The van der Waals surface area contributed by atoms with Crippen LogP contribution in [0.5, 0.6) is 0 Å². The second-order valence-electron chi connectivity index (χ2n) is 8.27. The number of sulfonamides is 1. The van der Waals surface area contributed by atoms with Gasteiger partial charge in [-0.3, -0.25) is 9.29 Å². The molecule has 36 heavy (non-hydrogen) atoms. The van der Waals surface area contributed by atoms with Crippen LogP contribution in [-0.2, 0) is 23.0 Å². The Bertz CT molecular complexity index is 1530. The summed E-state index contributed by atoms with van der Waals surface area (Å²) in [4.78, 5) is 15.9. The van der Waals surface area contributed by atoms with Crippen molar-refractivity contribution in [3.8, 4) is 10.7 Å². The zero-order chi connectivity index (χ0) is 24.4. The summed E-state index contributed by atoms with van der Waals surface area (Å²) in [5.41, 5.74) is 3.34. The van der Waals surface area contributed by atoms with Crippen molar-refractivity contribution in [1.82, 2.24) is 19.9 Å². The number of benzene rings is 1. The molecule has 1 aromatic carbocycles. The van der Waals surface area contributed by atoms with E-state index in [1.807, 2.05) is 54.9 Å². The predicted molar refractivity (Wildman–Crippen MR) is 150 cm³/mol. The number of hydrogen-bond acceptors (Lipinski definition) is 7. The van der Waals surface area contributed by atoms with Gasteiger partial charge in [0.1, 0.15) is 9.22 Å². The van der Waals surface area contributed by atoms with Crippen LogP contribution in [0.25, 0.3) is 21.6 Å². The van der Waals surface area contributed by atoms with E-state index in [1.54, 1.807) is 35.9 Å². The minimum Gasteiger partial charge on any atom is -0.351 e. The maximum Gasteiger partial charge on any atom is 0.273 e. The number of hydrogen-bond donors (Lipinski definition) is 1. The molecule has 5 rings (SSSR count). The van der Waals surface area contributed by atoms with Crippen molar-refractivity contribution in [3.63, 3.8) is 0 Å². The number of thiophene rings is 1. The number of nitrogens with one attached hydrogen (secondary N) is 1. The largest absolute Gasteiger partial charge is 0.351 e. The maximum atomic E-state index is 13.1. The predicted octanol–water partition coefficient (Wildman–Crippen LogP) is 5.88. The number of likely N-dealkylation sites (N-methyl/N-ethyl adjacent to an activating group) is 1. The van der Waals surface area contributed by atoms with Crippen LogP contribution in [0.4, 0.5) is 5.69 Å². The van der Waals surface area contributed by atoms with Gasteiger partial charge < -0.3 is 9.88 Å². The summed E-state index contributed by atoms with van der Waals surface area (Å²) in [6.45, 7) is 1.71. The molecule has 0 aliphatic rings. The molecule has 0 saturated carbocycles. The fourth-order valence-corrected chi connectivity index (χ4v) is 7.23. The molecule has 188 valence electrons. The minimum absolute atomic E-state index is 0. The van der Waals surface area contributed by atoms with Gasteiger partial charge >= 0.3 is 0 Å². The maximum absolute atomic E-state index is 13.1. The first-order valence-corrected chi connectivity index (χ1v) is 14.2. The first-order chi connectivity index (χ1) is 16.9. The average molecular weight is 540 g/mol. The summed E-state index contributed by atoms with van der Waals surface area (Å²) in [7, 11) is 0.0669. The molecule has 0 fully saturated rings. The SMILES string of the molecule is C.CN(CCc1ccccn1)Cc1cnc(-c2cc3cccc(N(C)S(=O)(=O)c4cccs4)c3[nH]2)s1. The van der Waals surface area contributed by atoms with Crippen LogP contribution in [0.2, 0.25) is 0 Å². The van der Waals surface area contributed by atoms with Gasteiger partial charge in [-0.15, -0.1) is 22.7 Å². The zero-order valence-electron chi connectivity index (χ0n) is 19.4. The summed E-state index contributed by atoms with van der Waals surface area (Å²) in [6.07, 6.45) is 4.64. The lowest BCUT2D eigenvalue weighted by molar-refractivity contribution is 0.332. The van der Waals surface area contributed by atoms with Crippen LogP contribution in [0.3, 0.4) is 0 Å². The van der Waals surface area contributed by atoms with E-state index in [-0.39, 0.29) is 7.43 Å². The number of anilines is 1. The molecule has 5 aromatic rings. The third kappa shape index (κ3) is 5.36. The average Bonchev–Trinajstić information content (AvgIpc) is 3.63. The number of pyridine rings is 1. The van der Waals surface area contributed by atoms with E-state index in [0.717, 1.165) is 46.8 Å². The van der Waals surface area contributed by atoms with E-state index in [0.29, 0.717) is 9.90 Å². The Morgan fingerprint density at radius 1 is 1.03 bits per heavy atom. The molecule has 0 radical (unpaired) electrons. The van der Waals surface area contributed by atoms with Gasteiger partial charge in [-0.05, 0) is 42.8 Å². The number of thiazole rings is 1. The fourth-order valence-electron chi connectivity index (χ4n) is 3.89. The molecule has 0 bridgehead atoms. The Kier molecular flexibility index (Phi) is 7.89. The van der Waals surface area contributed by atoms with E-state index in [9.17, 15) is 8.42 Å². The van der Waals surface area contributed by atoms with Gasteiger partial charge in [0.25, 0.3) is 10.0 Å². The zero-order valence-corrected chi connectivity index (χ0v) is 21.8. The third-order valence-corrected chi connectivity index (χ3v) is 9.93. The number of H-pyrrole nitrogens is 1. The summed E-state index contributed by atoms with van der Waals surface area (Å²) in [5.74, 6) is 0. The van der Waals surface area contributed by atoms with E-state index >= 15 is 0 Å². The number of fused-ring (bicyclic) bond motifs is 1. The van der Waals surface area contributed by atoms with Crippen molar-refractivity contribution in [2.75, 3.05) is 24.9 Å². The highest BCUT2D eigenvalue weighted by molar-refractivity contribution is 7.94. The van der Waals surface area contributed by atoms with Gasteiger partial charge in [0.15, 0.2) is 0 Å². The Morgan fingerprint density at radius 3 is 2.64 bits per heavy atom. The van der Waals surface area contributed by atoms with Gasteiger partial charge in [-0.2, -0.15) is 0 Å². The van der Waals surface area contributed by atoms with Gasteiger partial charge in [0.05, 0.1) is 16.9 Å². The molecule has 0 aliphatic heterocycles. The summed E-state index contributed by atoms with van der Waals surface area (Å²) >= 11 is 2.85. The second kappa shape index (κ2) is 10.9. The molecular formula is C26H29N5O2S3. The molecule has 0 amide bonds. The molecular weight excluding hydrogens is 511 g/mol. The van der Waals surface area contributed by atoms with Gasteiger partial charge in [0.2, 0.25) is 0 Å². The minimum atomic E-state index is -3.62. The monoisotopic (exact) mass is 539 g/mol. The summed E-state index contributed by atoms with van der Waals surface area (Å²) < 4.78 is 27.8. The lowest BCUT2D eigenvalue weighted by Gasteiger charge is -2.19. The van der Waals surface area contributed by atoms with Crippen LogP contribution in [0.15, 0.2) is 76.6 Å². The molecule has 0 atom stereocenters. The number of aromatic nitrogens is 3. The molecule has 4 aromatic heterocycles. The highest BCUT2D eigenvalue weighted by atomic mass is 32.2. The second-order valence-corrected chi connectivity index (χ2v) is 12.5. The number of aromatic amines is 1. The van der Waals surface area contributed by atoms with E-state index in [4.69, 9.17) is 0 Å². The van der Waals surface area contributed by atoms with Crippen molar-refractivity contribution in [3.05, 3.63) is 82.9 Å². The number of para-hydroxylation sites is 1. The van der Waals surface area contributed by atoms with Crippen LogP contribution >= 0.6 is 22.7 Å². The van der Waals surface area contributed by atoms with Gasteiger partial charge in [-0.25, -0.2) is 13.4 Å². The van der Waals surface area contributed by atoms with Crippen molar-refractivity contribution in [1.29, 1.82) is 0 Å². The Hall–Kier alpha value is -3.05. The Labute approximate surface area is 220 Å². The number of nitrogens with zero attached hydrogens (tertiary/aromatic N) is 4. The standard InChI is InChI=1S/C25H25N5O2S3.CH4/c1-29(13-11-19-8-3-4-12-26-19)17-20-16-27-25(34-20)21-15-18-7-5-9-22(24(18)28-21)30(2)35(31,32)23-10-6-14-33-23;/h3-10,12,14-16,28H,11,13,17H2,1-2H3;1H4. The van der Waals surface area contributed by atoms with Crippen molar-refractivity contribution in [2.45, 2.75) is 24.6 Å². The van der Waals surface area contributed by atoms with Crippen molar-refractivity contribution < 1.29 is 8.42 Å². The van der Waals surface area contributed by atoms with Gasteiger partial charge in [-0.1, -0.05) is 31.7 Å². The molecule has 0 spiro atoms. The van der Waals surface area contributed by atoms with Crippen molar-refractivity contribution in [2.24, 2.45) is 0 Å². The smallest absolute Gasteiger partial charge is 0.273 e. The molecule has 0 aliphatic carbocycles. The lowest BCUT2D eigenvalue weighted by Crippen LogP contribution is -2.26. The summed E-state index contributed by atoms with van der Waals surface area (Å²) in [6, 6.07) is 17.1. The number of rotatable bonds is 9. The van der Waals surface area contributed by atoms with E-state index < -0.39 is 10.0 Å². The first-order valence-electron chi connectivity index (χ1n) is 11.1. The van der Waals surface area contributed by atoms with Crippen LogP contribution in [-0.4, -0.2) is 48.9 Å². The molecule has 0 unspecified atom stereocenters. The highest BCUT2D eigenvalue weighted by Crippen LogP contribution is 2.34. The lowest BCUT2D eigenvalue weighted by atomic mass is 10.2. The first kappa shape index (κ1) is 26.0. The Balaban J connectivity index is 0.00000304. The summed E-state index contributed by atoms with van der Waals surface area (Å²) in [5, 5.41) is 3.59. The molecule has 0 saturated heterocycles. The highest BCUT2D eigenvalue weighted by Gasteiger charge is 2.24. The van der Waals surface area contributed by atoms with Crippen LogP contribution in [0.1, 0.15) is 18.0 Å². The Morgan fingerprint density at radius 2 is 1.89 bits per heavy atom. The topological polar surface area (TPSA) is 82.2 Å². The fraction of sp³-hybridized carbons (Fsp3) is 0.231. The molecule has 10 heteroatoms. The van der Waals surface area contributed by atoms with E-state index in [2.05, 4.69) is 26.9 Å². The van der Waals surface area contributed by atoms with Crippen LogP contribution in [0, 0.1) is 0 Å². The molecule has 4 heterocycles. The molecule has 1 N–H and O–H groups in total. The third-order valence-electron chi connectivity index (χ3n) is 5.77. The quantitative estimate of drug-likeness (QED) is 0.253. The normalized spacial score (nSPS) is 11.6. The van der Waals surface area contributed by atoms with E-state index in [1.165, 1.54) is 20.5 Å². The van der Waals surface area contributed by atoms with Crippen LogP contribution < -0.4 is 4.31 Å². The van der Waals surface area contributed by atoms with Crippen molar-refractivity contribution >= 4 is 49.3 Å². The van der Waals surface area contributed by atoms with Gasteiger partial charge in [0, 0.05) is 54.9 Å². The molecule has 7 nitrogen and oxygen atoms in total.